The Bertz CT molecular complexity index is 1170. The van der Waals surface area contributed by atoms with E-state index in [1.54, 1.807) is 0 Å². The third-order valence-electron chi connectivity index (χ3n) is 11.8. The number of allylic oxidation sites excluding steroid dienone is 10. The minimum absolute atomic E-state index is 0.0817. The molecule has 370 valence electrons. The first kappa shape index (κ1) is 61.1. The molecule has 0 heterocycles. The van der Waals surface area contributed by atoms with Crippen molar-refractivity contribution >= 4 is 17.9 Å². The molecule has 0 amide bonds. The minimum atomic E-state index is -0.784. The lowest BCUT2D eigenvalue weighted by atomic mass is 10.0. The van der Waals surface area contributed by atoms with Crippen molar-refractivity contribution in [2.24, 2.45) is 0 Å². The zero-order valence-electron chi connectivity index (χ0n) is 42.3. The number of carbonyl (C=O) groups excluding carboxylic acids is 3. The molecule has 0 aromatic rings. The molecule has 0 saturated heterocycles. The summed E-state index contributed by atoms with van der Waals surface area (Å²) in [7, 11) is 0. The van der Waals surface area contributed by atoms with E-state index in [4.69, 9.17) is 14.2 Å². The highest BCUT2D eigenvalue weighted by Gasteiger charge is 2.19. The van der Waals surface area contributed by atoms with Crippen LogP contribution >= 0.6 is 0 Å². The van der Waals surface area contributed by atoms with Crippen LogP contribution in [0.3, 0.4) is 0 Å². The first-order valence-electron chi connectivity index (χ1n) is 27.3. The maximum Gasteiger partial charge on any atom is 0.306 e. The normalized spacial score (nSPS) is 12.5. The lowest BCUT2D eigenvalue weighted by molar-refractivity contribution is -0.167. The third kappa shape index (κ3) is 50.1. The van der Waals surface area contributed by atoms with Gasteiger partial charge in [-0.1, -0.05) is 229 Å². The first-order valence-corrected chi connectivity index (χ1v) is 27.3. The zero-order valence-corrected chi connectivity index (χ0v) is 42.3. The summed E-state index contributed by atoms with van der Waals surface area (Å²) in [5.41, 5.74) is 0. The molecule has 0 aromatic carbocycles. The molecule has 6 nitrogen and oxygen atoms in total. The number of rotatable bonds is 49. The Morgan fingerprint density at radius 3 is 0.969 bits per heavy atom. The average Bonchev–Trinajstić information content (AvgIpc) is 3.29. The fourth-order valence-corrected chi connectivity index (χ4v) is 7.66. The number of carbonyl (C=O) groups is 3. The molecule has 6 heteroatoms. The van der Waals surface area contributed by atoms with Crippen molar-refractivity contribution in [2.45, 2.75) is 277 Å². The van der Waals surface area contributed by atoms with Gasteiger partial charge in [0.05, 0.1) is 0 Å². The van der Waals surface area contributed by atoms with Gasteiger partial charge in [0.25, 0.3) is 0 Å². The molecule has 0 aliphatic heterocycles. The standard InChI is InChI=1S/C58H102O6/c1-4-7-10-13-16-19-22-25-27-29-31-33-36-39-42-45-48-51-57(60)63-54-55(53-62-56(59)50-47-44-41-38-35-24-21-18-15-12-9-6-3)64-58(61)52-49-46-43-40-37-34-32-30-28-26-23-20-17-14-11-8-5-2/h7,10,16,19,25-28,31,33,55H,4-6,8-9,11-15,17-18,20-24,29-30,32,34-54H2,1-3H3/b10-7-,19-16-,27-25-,28-26-,33-31-. The summed E-state index contributed by atoms with van der Waals surface area (Å²) in [6, 6.07) is 0. The Hall–Kier alpha value is -2.89. The van der Waals surface area contributed by atoms with Crippen LogP contribution in [0.15, 0.2) is 60.8 Å². The van der Waals surface area contributed by atoms with Crippen molar-refractivity contribution < 1.29 is 28.6 Å². The van der Waals surface area contributed by atoms with E-state index in [1.807, 2.05) is 0 Å². The van der Waals surface area contributed by atoms with Crippen LogP contribution < -0.4 is 0 Å². The summed E-state index contributed by atoms with van der Waals surface area (Å²) in [6.07, 6.45) is 64.9. The highest BCUT2D eigenvalue weighted by molar-refractivity contribution is 5.71. The number of ether oxygens (including phenoxy) is 3. The predicted octanol–water partition coefficient (Wildman–Crippen LogP) is 18.0. The van der Waals surface area contributed by atoms with Gasteiger partial charge in [-0.25, -0.2) is 0 Å². The second kappa shape index (κ2) is 52.7. The van der Waals surface area contributed by atoms with Crippen molar-refractivity contribution in [1.82, 2.24) is 0 Å². The quantitative estimate of drug-likeness (QED) is 0.0262. The van der Waals surface area contributed by atoms with Crippen molar-refractivity contribution in [1.29, 1.82) is 0 Å². The fraction of sp³-hybridized carbons (Fsp3) is 0.776. The van der Waals surface area contributed by atoms with E-state index < -0.39 is 6.10 Å². The number of hydrogen-bond acceptors (Lipinski definition) is 6. The van der Waals surface area contributed by atoms with Gasteiger partial charge < -0.3 is 14.2 Å². The van der Waals surface area contributed by atoms with Crippen molar-refractivity contribution in [3.05, 3.63) is 60.8 Å². The summed E-state index contributed by atoms with van der Waals surface area (Å²) in [6.45, 7) is 6.51. The number of esters is 3. The predicted molar refractivity (Wildman–Crippen MR) is 275 cm³/mol. The fourth-order valence-electron chi connectivity index (χ4n) is 7.66. The summed E-state index contributed by atoms with van der Waals surface area (Å²) in [5, 5.41) is 0. The van der Waals surface area contributed by atoms with Crippen LogP contribution in [-0.4, -0.2) is 37.2 Å². The molecule has 0 fully saturated rings. The van der Waals surface area contributed by atoms with Crippen LogP contribution in [0, 0.1) is 0 Å². The molecular weight excluding hydrogens is 793 g/mol. The van der Waals surface area contributed by atoms with Gasteiger partial charge in [-0.2, -0.15) is 0 Å². The molecule has 0 saturated carbocycles. The highest BCUT2D eigenvalue weighted by atomic mass is 16.6. The Kier molecular flexibility index (Phi) is 50.4. The van der Waals surface area contributed by atoms with Gasteiger partial charge in [-0.3, -0.25) is 14.4 Å². The van der Waals surface area contributed by atoms with E-state index in [-0.39, 0.29) is 31.1 Å². The first-order chi connectivity index (χ1) is 31.5. The Labute approximate surface area is 396 Å². The van der Waals surface area contributed by atoms with E-state index in [0.717, 1.165) is 96.3 Å². The van der Waals surface area contributed by atoms with Crippen LogP contribution in [0.25, 0.3) is 0 Å². The maximum absolute atomic E-state index is 12.8. The Morgan fingerprint density at radius 2 is 0.609 bits per heavy atom. The summed E-state index contributed by atoms with van der Waals surface area (Å²) < 4.78 is 16.8. The molecule has 0 spiro atoms. The lowest BCUT2D eigenvalue weighted by Crippen LogP contribution is -2.30. The van der Waals surface area contributed by atoms with Crippen LogP contribution in [0.5, 0.6) is 0 Å². The smallest absolute Gasteiger partial charge is 0.306 e. The van der Waals surface area contributed by atoms with E-state index in [9.17, 15) is 14.4 Å². The van der Waals surface area contributed by atoms with Crippen molar-refractivity contribution in [3.8, 4) is 0 Å². The van der Waals surface area contributed by atoms with Gasteiger partial charge in [0.2, 0.25) is 0 Å². The van der Waals surface area contributed by atoms with E-state index in [1.165, 1.54) is 135 Å². The molecule has 64 heavy (non-hydrogen) atoms. The molecule has 0 bridgehead atoms. The molecule has 0 radical (unpaired) electrons. The highest BCUT2D eigenvalue weighted by Crippen LogP contribution is 2.15. The van der Waals surface area contributed by atoms with Gasteiger partial charge in [-0.15, -0.1) is 0 Å². The largest absolute Gasteiger partial charge is 0.462 e. The second-order valence-electron chi connectivity index (χ2n) is 18.1. The average molecular weight is 895 g/mol. The molecule has 0 N–H and O–H groups in total. The monoisotopic (exact) mass is 895 g/mol. The molecule has 0 aromatic heterocycles. The molecule has 0 aliphatic carbocycles. The molecule has 0 rings (SSSR count). The van der Waals surface area contributed by atoms with E-state index in [2.05, 4.69) is 81.5 Å². The third-order valence-corrected chi connectivity index (χ3v) is 11.8. The molecular formula is C58H102O6. The summed E-state index contributed by atoms with van der Waals surface area (Å²) in [4.78, 5) is 38.0. The number of hydrogen-bond donors (Lipinski definition) is 0. The van der Waals surface area contributed by atoms with Crippen LogP contribution in [0.4, 0.5) is 0 Å². The van der Waals surface area contributed by atoms with E-state index >= 15 is 0 Å². The van der Waals surface area contributed by atoms with Gasteiger partial charge in [-0.05, 0) is 83.5 Å². The zero-order chi connectivity index (χ0) is 46.5. The second-order valence-corrected chi connectivity index (χ2v) is 18.1. The molecule has 1 atom stereocenters. The lowest BCUT2D eigenvalue weighted by Gasteiger charge is -2.18. The Balaban J connectivity index is 4.40. The minimum Gasteiger partial charge on any atom is -0.462 e. The van der Waals surface area contributed by atoms with Gasteiger partial charge >= 0.3 is 17.9 Å². The van der Waals surface area contributed by atoms with Crippen molar-refractivity contribution in [2.75, 3.05) is 13.2 Å². The summed E-state index contributed by atoms with van der Waals surface area (Å²) >= 11 is 0. The van der Waals surface area contributed by atoms with Crippen LogP contribution in [-0.2, 0) is 28.6 Å². The van der Waals surface area contributed by atoms with Gasteiger partial charge in [0.1, 0.15) is 13.2 Å². The maximum atomic E-state index is 12.8. The molecule has 1 unspecified atom stereocenters. The van der Waals surface area contributed by atoms with E-state index in [0.29, 0.717) is 19.3 Å². The SMILES string of the molecule is CC/C=C\C/C=C\C/C=C\C/C=C\CCCCCCC(=O)OCC(COC(=O)CCCCCCCCCCCCCC)OC(=O)CCCCCCCCC/C=C\CCCCCCCC. The molecule has 0 aliphatic rings. The van der Waals surface area contributed by atoms with Gasteiger partial charge in [0.15, 0.2) is 6.10 Å². The Morgan fingerprint density at radius 1 is 0.328 bits per heavy atom. The number of unbranched alkanes of at least 4 members (excludes halogenated alkanes) is 28. The summed E-state index contributed by atoms with van der Waals surface area (Å²) in [5.74, 6) is -0.903. The van der Waals surface area contributed by atoms with Crippen LogP contribution in [0.2, 0.25) is 0 Å². The van der Waals surface area contributed by atoms with Crippen LogP contribution in [0.1, 0.15) is 271 Å². The topological polar surface area (TPSA) is 78.9 Å². The van der Waals surface area contributed by atoms with Gasteiger partial charge in [0, 0.05) is 19.3 Å². The van der Waals surface area contributed by atoms with Crippen molar-refractivity contribution in [3.63, 3.8) is 0 Å².